The first kappa shape index (κ1) is 13.3. The Hall–Kier alpha value is -2.14. The molecule has 2 heterocycles. The Morgan fingerprint density at radius 3 is 2.58 bits per heavy atom. The zero-order valence-corrected chi connectivity index (χ0v) is 11.3. The maximum absolute atomic E-state index is 5.93. The molecule has 2 rings (SSSR count). The summed E-state index contributed by atoms with van der Waals surface area (Å²) < 4.78 is 0. The molecule has 0 spiro atoms. The van der Waals surface area contributed by atoms with Crippen LogP contribution in [-0.4, -0.2) is 42.1 Å². The van der Waals surface area contributed by atoms with E-state index in [1.165, 1.54) is 0 Å². The molecule has 0 aromatic carbocycles. The second-order valence-corrected chi connectivity index (χ2v) is 4.60. The van der Waals surface area contributed by atoms with Gasteiger partial charge in [-0.25, -0.2) is 4.98 Å². The minimum Gasteiger partial charge on any atom is -0.396 e. The summed E-state index contributed by atoms with van der Waals surface area (Å²) >= 11 is 0. The van der Waals surface area contributed by atoms with Gasteiger partial charge in [-0.05, 0) is 38.4 Å². The number of aromatic nitrogens is 2. The third kappa shape index (κ3) is 3.66. The SMILES string of the molecule is CN(C)CCNc1nc(-c2ccncc2)ccc1N. The quantitative estimate of drug-likeness (QED) is 0.853. The summed E-state index contributed by atoms with van der Waals surface area (Å²) in [6, 6.07) is 7.66. The van der Waals surface area contributed by atoms with E-state index in [0.29, 0.717) is 5.69 Å². The fraction of sp³-hybridized carbons (Fsp3) is 0.286. The van der Waals surface area contributed by atoms with E-state index in [0.717, 1.165) is 30.2 Å². The molecule has 100 valence electrons. The topological polar surface area (TPSA) is 67.1 Å². The van der Waals surface area contributed by atoms with Gasteiger partial charge in [0.15, 0.2) is 0 Å². The lowest BCUT2D eigenvalue weighted by atomic mass is 10.2. The highest BCUT2D eigenvalue weighted by molar-refractivity contribution is 5.68. The third-order valence-electron chi connectivity index (χ3n) is 2.75. The summed E-state index contributed by atoms with van der Waals surface area (Å²) in [6.07, 6.45) is 3.51. The van der Waals surface area contributed by atoms with Crippen LogP contribution in [0.5, 0.6) is 0 Å². The average Bonchev–Trinajstić information content (AvgIpc) is 2.41. The summed E-state index contributed by atoms with van der Waals surface area (Å²) in [7, 11) is 4.07. The average molecular weight is 257 g/mol. The van der Waals surface area contributed by atoms with Gasteiger partial charge in [0, 0.05) is 31.0 Å². The highest BCUT2D eigenvalue weighted by atomic mass is 15.1. The molecule has 0 aliphatic carbocycles. The van der Waals surface area contributed by atoms with Crippen molar-refractivity contribution in [3.05, 3.63) is 36.7 Å². The summed E-state index contributed by atoms with van der Waals surface area (Å²) in [6.45, 7) is 1.74. The largest absolute Gasteiger partial charge is 0.396 e. The van der Waals surface area contributed by atoms with E-state index >= 15 is 0 Å². The van der Waals surface area contributed by atoms with Gasteiger partial charge in [0.1, 0.15) is 5.82 Å². The van der Waals surface area contributed by atoms with Gasteiger partial charge < -0.3 is 16.0 Å². The van der Waals surface area contributed by atoms with E-state index in [2.05, 4.69) is 20.2 Å². The maximum Gasteiger partial charge on any atom is 0.149 e. The number of rotatable bonds is 5. The highest BCUT2D eigenvalue weighted by Crippen LogP contribution is 2.22. The molecule has 2 aromatic heterocycles. The smallest absolute Gasteiger partial charge is 0.149 e. The number of hydrogen-bond acceptors (Lipinski definition) is 5. The van der Waals surface area contributed by atoms with Crippen molar-refractivity contribution in [1.82, 2.24) is 14.9 Å². The van der Waals surface area contributed by atoms with Crippen LogP contribution in [0.15, 0.2) is 36.7 Å². The molecule has 0 unspecified atom stereocenters. The Bertz CT molecular complexity index is 525. The van der Waals surface area contributed by atoms with Crippen molar-refractivity contribution < 1.29 is 0 Å². The lowest BCUT2D eigenvalue weighted by Gasteiger charge is -2.13. The molecule has 0 bridgehead atoms. The molecular weight excluding hydrogens is 238 g/mol. The number of nitrogens with two attached hydrogens (primary N) is 1. The molecule has 5 nitrogen and oxygen atoms in total. The molecule has 0 saturated heterocycles. The van der Waals surface area contributed by atoms with Crippen LogP contribution < -0.4 is 11.1 Å². The fourth-order valence-electron chi connectivity index (χ4n) is 1.69. The number of hydrogen-bond donors (Lipinski definition) is 2. The normalized spacial score (nSPS) is 10.7. The Morgan fingerprint density at radius 2 is 1.89 bits per heavy atom. The van der Waals surface area contributed by atoms with Crippen molar-refractivity contribution in [3.8, 4) is 11.3 Å². The highest BCUT2D eigenvalue weighted by Gasteiger charge is 2.04. The van der Waals surface area contributed by atoms with Gasteiger partial charge in [0.2, 0.25) is 0 Å². The van der Waals surface area contributed by atoms with Crippen LogP contribution >= 0.6 is 0 Å². The van der Waals surface area contributed by atoms with Crippen LogP contribution in [-0.2, 0) is 0 Å². The summed E-state index contributed by atoms with van der Waals surface area (Å²) in [5, 5.41) is 3.26. The molecule has 5 heteroatoms. The molecule has 0 atom stereocenters. The van der Waals surface area contributed by atoms with Crippen molar-refractivity contribution in [1.29, 1.82) is 0 Å². The predicted octanol–water partition coefficient (Wildman–Crippen LogP) is 1.70. The Morgan fingerprint density at radius 1 is 1.16 bits per heavy atom. The standard InChI is InChI=1S/C14H19N5/c1-19(2)10-9-17-14-12(15)3-4-13(18-14)11-5-7-16-8-6-11/h3-8H,9-10,15H2,1-2H3,(H,17,18). The van der Waals surface area contributed by atoms with E-state index < -0.39 is 0 Å². The van der Waals surface area contributed by atoms with Crippen LogP contribution in [0.2, 0.25) is 0 Å². The summed E-state index contributed by atoms with van der Waals surface area (Å²) in [5.41, 5.74) is 8.52. The second kappa shape index (κ2) is 6.15. The molecule has 3 N–H and O–H groups in total. The van der Waals surface area contributed by atoms with E-state index in [1.807, 2.05) is 38.4 Å². The van der Waals surface area contributed by atoms with E-state index in [4.69, 9.17) is 5.73 Å². The molecule has 0 aliphatic heterocycles. The summed E-state index contributed by atoms with van der Waals surface area (Å²) in [5.74, 6) is 0.733. The Kier molecular flexibility index (Phi) is 4.30. The van der Waals surface area contributed by atoms with Crippen molar-refractivity contribution >= 4 is 11.5 Å². The zero-order valence-electron chi connectivity index (χ0n) is 11.3. The first-order chi connectivity index (χ1) is 9.16. The molecule has 19 heavy (non-hydrogen) atoms. The van der Waals surface area contributed by atoms with E-state index in [9.17, 15) is 0 Å². The van der Waals surface area contributed by atoms with Gasteiger partial charge in [-0.1, -0.05) is 0 Å². The van der Waals surface area contributed by atoms with Gasteiger partial charge >= 0.3 is 0 Å². The van der Waals surface area contributed by atoms with Crippen LogP contribution in [0, 0.1) is 0 Å². The predicted molar refractivity (Wildman–Crippen MR) is 78.9 cm³/mol. The molecule has 2 aromatic rings. The number of likely N-dealkylation sites (N-methyl/N-ethyl adjacent to an activating group) is 1. The van der Waals surface area contributed by atoms with Crippen LogP contribution in [0.25, 0.3) is 11.3 Å². The number of anilines is 2. The second-order valence-electron chi connectivity index (χ2n) is 4.60. The van der Waals surface area contributed by atoms with Crippen LogP contribution in [0.4, 0.5) is 11.5 Å². The van der Waals surface area contributed by atoms with Crippen LogP contribution in [0.1, 0.15) is 0 Å². The van der Waals surface area contributed by atoms with E-state index in [-0.39, 0.29) is 0 Å². The van der Waals surface area contributed by atoms with Gasteiger partial charge in [0.05, 0.1) is 11.4 Å². The number of pyridine rings is 2. The molecule has 0 radical (unpaired) electrons. The monoisotopic (exact) mass is 257 g/mol. The lowest BCUT2D eigenvalue weighted by Crippen LogP contribution is -2.21. The van der Waals surface area contributed by atoms with Crippen LogP contribution in [0.3, 0.4) is 0 Å². The lowest BCUT2D eigenvalue weighted by molar-refractivity contribution is 0.425. The number of nitrogens with zero attached hydrogens (tertiary/aromatic N) is 3. The van der Waals surface area contributed by atoms with Gasteiger partial charge in [-0.15, -0.1) is 0 Å². The van der Waals surface area contributed by atoms with E-state index in [1.54, 1.807) is 12.4 Å². The molecule has 0 amide bonds. The van der Waals surface area contributed by atoms with Crippen molar-refractivity contribution in [3.63, 3.8) is 0 Å². The molecule has 0 fully saturated rings. The fourth-order valence-corrected chi connectivity index (χ4v) is 1.69. The first-order valence-corrected chi connectivity index (χ1v) is 6.22. The molecular formula is C14H19N5. The first-order valence-electron chi connectivity index (χ1n) is 6.22. The van der Waals surface area contributed by atoms with Gasteiger partial charge in [-0.3, -0.25) is 4.98 Å². The molecule has 0 saturated carbocycles. The van der Waals surface area contributed by atoms with Gasteiger partial charge in [0.25, 0.3) is 0 Å². The van der Waals surface area contributed by atoms with Crippen molar-refractivity contribution in [2.45, 2.75) is 0 Å². The van der Waals surface area contributed by atoms with Crippen molar-refractivity contribution in [2.24, 2.45) is 0 Å². The minimum absolute atomic E-state index is 0.663. The number of nitrogen functional groups attached to an aromatic ring is 1. The van der Waals surface area contributed by atoms with Gasteiger partial charge in [-0.2, -0.15) is 0 Å². The number of nitrogens with one attached hydrogen (secondary N) is 1. The summed E-state index contributed by atoms with van der Waals surface area (Å²) in [4.78, 5) is 10.7. The van der Waals surface area contributed by atoms with Crippen molar-refractivity contribution in [2.75, 3.05) is 38.2 Å². The molecule has 0 aliphatic rings. The third-order valence-corrected chi connectivity index (χ3v) is 2.75. The minimum atomic E-state index is 0.663. The Labute approximate surface area is 113 Å². The zero-order chi connectivity index (χ0) is 13.7. The Balaban J connectivity index is 2.15. The maximum atomic E-state index is 5.93.